The fraction of sp³-hybridized carbons (Fsp3) is 0.571. The molecule has 2 amide bonds. The molecule has 0 aromatic heterocycles. The van der Waals surface area contributed by atoms with Gasteiger partial charge in [0.25, 0.3) is 11.8 Å². The molecule has 0 radical (unpaired) electrons. The molecule has 0 bridgehead atoms. The van der Waals surface area contributed by atoms with Crippen molar-refractivity contribution in [2.75, 3.05) is 26.1 Å². The summed E-state index contributed by atoms with van der Waals surface area (Å²) in [5.41, 5.74) is 0.247. The number of ether oxygens (including phenoxy) is 2. The molecule has 2 N–H and O–H groups in total. The van der Waals surface area contributed by atoms with Crippen LogP contribution in [0.4, 0.5) is 0 Å². The van der Waals surface area contributed by atoms with Crippen molar-refractivity contribution in [2.24, 2.45) is 5.92 Å². The van der Waals surface area contributed by atoms with Gasteiger partial charge in [0, 0.05) is 5.56 Å². The SMILES string of the molecule is CC(C)C[C@H](NC(=O)c1ccc2c(c1)OCO2)C(=O)N(C1CCCNCC1=O)S(C)(=O)=O. The van der Waals surface area contributed by atoms with Crippen LogP contribution in [0.1, 0.15) is 43.5 Å². The summed E-state index contributed by atoms with van der Waals surface area (Å²) in [5, 5.41) is 5.59. The lowest BCUT2D eigenvalue weighted by atomic mass is 10.0. The maximum atomic E-state index is 13.5. The molecule has 32 heavy (non-hydrogen) atoms. The number of nitrogens with zero attached hydrogens (tertiary/aromatic N) is 1. The number of nitrogens with one attached hydrogen (secondary N) is 2. The smallest absolute Gasteiger partial charge is 0.259 e. The van der Waals surface area contributed by atoms with Crippen LogP contribution in [0.15, 0.2) is 18.2 Å². The van der Waals surface area contributed by atoms with Gasteiger partial charge in [0.2, 0.25) is 16.8 Å². The normalized spacial score (nSPS) is 19.4. The Balaban J connectivity index is 1.87. The van der Waals surface area contributed by atoms with E-state index in [0.29, 0.717) is 28.8 Å². The minimum atomic E-state index is -4.05. The number of benzene rings is 1. The monoisotopic (exact) mass is 467 g/mol. The first-order valence-corrected chi connectivity index (χ1v) is 12.4. The molecule has 2 atom stereocenters. The Morgan fingerprint density at radius 3 is 2.66 bits per heavy atom. The third-order valence-electron chi connectivity index (χ3n) is 5.30. The second kappa shape index (κ2) is 9.86. The summed E-state index contributed by atoms with van der Waals surface area (Å²) < 4.78 is 36.4. The van der Waals surface area contributed by atoms with Crippen molar-refractivity contribution >= 4 is 27.6 Å². The summed E-state index contributed by atoms with van der Waals surface area (Å²) in [6, 6.07) is 2.42. The Labute approximate surface area is 187 Å². The highest BCUT2D eigenvalue weighted by Gasteiger charge is 2.40. The zero-order valence-corrected chi connectivity index (χ0v) is 19.2. The van der Waals surface area contributed by atoms with Crippen LogP contribution in [0, 0.1) is 5.92 Å². The highest BCUT2D eigenvalue weighted by molar-refractivity contribution is 7.89. The van der Waals surface area contributed by atoms with Gasteiger partial charge in [0.1, 0.15) is 12.1 Å². The molecule has 0 aliphatic carbocycles. The van der Waals surface area contributed by atoms with Crippen LogP contribution in [0.5, 0.6) is 11.5 Å². The minimum absolute atomic E-state index is 0.0115. The standard InChI is InChI=1S/C21H29N3O7S/c1-13(2)9-15(23-20(26)14-6-7-18-19(10-14)31-12-30-18)21(27)24(32(3,28)29)16-5-4-8-22-11-17(16)25/h6-7,10,13,15-16,22H,4-5,8-9,11-12H2,1-3H3,(H,23,26)/t15-,16?/m0/s1. The molecule has 2 heterocycles. The molecular weight excluding hydrogens is 438 g/mol. The Morgan fingerprint density at radius 1 is 1.25 bits per heavy atom. The first kappa shape index (κ1) is 24.0. The first-order chi connectivity index (χ1) is 15.1. The molecule has 176 valence electrons. The van der Waals surface area contributed by atoms with E-state index in [1.54, 1.807) is 6.07 Å². The van der Waals surface area contributed by atoms with Crippen molar-refractivity contribution in [3.05, 3.63) is 23.8 Å². The number of hydrogen-bond donors (Lipinski definition) is 2. The molecular formula is C21H29N3O7S. The zero-order chi connectivity index (χ0) is 23.5. The highest BCUT2D eigenvalue weighted by Crippen LogP contribution is 2.32. The van der Waals surface area contributed by atoms with Crippen molar-refractivity contribution in [3.63, 3.8) is 0 Å². The van der Waals surface area contributed by atoms with E-state index in [1.165, 1.54) is 12.1 Å². The average Bonchev–Trinajstić information content (AvgIpc) is 3.08. The summed E-state index contributed by atoms with van der Waals surface area (Å²) in [4.78, 5) is 38.9. The van der Waals surface area contributed by atoms with Gasteiger partial charge in [-0.15, -0.1) is 0 Å². The van der Waals surface area contributed by atoms with Crippen LogP contribution >= 0.6 is 0 Å². The topological polar surface area (TPSA) is 131 Å². The molecule has 2 aliphatic rings. The predicted octanol–water partition coefficient (Wildman–Crippen LogP) is 0.669. The average molecular weight is 468 g/mol. The van der Waals surface area contributed by atoms with Crippen molar-refractivity contribution in [1.82, 2.24) is 14.9 Å². The summed E-state index contributed by atoms with van der Waals surface area (Å²) >= 11 is 0. The van der Waals surface area contributed by atoms with Gasteiger partial charge in [-0.3, -0.25) is 14.4 Å². The third-order valence-corrected chi connectivity index (χ3v) is 6.45. The highest BCUT2D eigenvalue weighted by atomic mass is 32.2. The number of amides is 2. The lowest BCUT2D eigenvalue weighted by Gasteiger charge is -2.32. The molecule has 1 aromatic rings. The van der Waals surface area contributed by atoms with Gasteiger partial charge < -0.3 is 20.1 Å². The molecule has 10 nitrogen and oxygen atoms in total. The van der Waals surface area contributed by atoms with Gasteiger partial charge in [-0.2, -0.15) is 0 Å². The minimum Gasteiger partial charge on any atom is -0.454 e. The van der Waals surface area contributed by atoms with E-state index in [0.717, 1.165) is 6.26 Å². The van der Waals surface area contributed by atoms with E-state index in [4.69, 9.17) is 9.47 Å². The van der Waals surface area contributed by atoms with Crippen molar-refractivity contribution in [1.29, 1.82) is 0 Å². The van der Waals surface area contributed by atoms with E-state index in [9.17, 15) is 22.8 Å². The quantitative estimate of drug-likeness (QED) is 0.598. The number of rotatable bonds is 7. The Hall–Kier alpha value is -2.66. The Morgan fingerprint density at radius 2 is 1.97 bits per heavy atom. The Bertz CT molecular complexity index is 993. The maximum Gasteiger partial charge on any atom is 0.259 e. The van der Waals surface area contributed by atoms with Crippen molar-refractivity contribution in [2.45, 2.75) is 45.2 Å². The molecule has 1 saturated heterocycles. The number of carbonyl (C=O) groups excluding carboxylic acids is 3. The van der Waals surface area contributed by atoms with Gasteiger partial charge in [-0.25, -0.2) is 12.7 Å². The molecule has 3 rings (SSSR count). The number of ketones is 1. The van der Waals surface area contributed by atoms with Crippen LogP contribution in [0.3, 0.4) is 0 Å². The number of fused-ring (bicyclic) bond motifs is 1. The van der Waals surface area contributed by atoms with Gasteiger partial charge in [-0.1, -0.05) is 13.8 Å². The van der Waals surface area contributed by atoms with E-state index < -0.39 is 33.9 Å². The second-order valence-electron chi connectivity index (χ2n) is 8.42. The Kier molecular flexibility index (Phi) is 7.40. The molecule has 1 aromatic carbocycles. The van der Waals surface area contributed by atoms with Gasteiger partial charge in [0.15, 0.2) is 17.3 Å². The lowest BCUT2D eigenvalue weighted by molar-refractivity contribution is -0.135. The number of sulfonamides is 1. The summed E-state index contributed by atoms with van der Waals surface area (Å²) in [6.45, 7) is 4.33. The van der Waals surface area contributed by atoms with Gasteiger partial charge in [-0.05, 0) is 49.9 Å². The van der Waals surface area contributed by atoms with Crippen LogP contribution in [0.2, 0.25) is 0 Å². The molecule has 11 heteroatoms. The van der Waals surface area contributed by atoms with E-state index >= 15 is 0 Å². The van der Waals surface area contributed by atoms with E-state index in [1.807, 2.05) is 13.8 Å². The van der Waals surface area contributed by atoms with Crippen LogP contribution in [-0.2, 0) is 19.6 Å². The molecule has 1 fully saturated rings. The van der Waals surface area contributed by atoms with E-state index in [-0.39, 0.29) is 43.4 Å². The molecule has 2 aliphatic heterocycles. The summed E-state index contributed by atoms with van der Waals surface area (Å²) in [6.07, 6.45) is 1.89. The van der Waals surface area contributed by atoms with Crippen LogP contribution < -0.4 is 20.1 Å². The first-order valence-electron chi connectivity index (χ1n) is 10.5. The number of hydrogen-bond acceptors (Lipinski definition) is 8. The number of carbonyl (C=O) groups is 3. The lowest BCUT2D eigenvalue weighted by Crippen LogP contribution is -2.56. The molecule has 1 unspecified atom stereocenters. The fourth-order valence-corrected chi connectivity index (χ4v) is 4.97. The molecule has 0 saturated carbocycles. The summed E-state index contributed by atoms with van der Waals surface area (Å²) in [5.74, 6) is -0.820. The third kappa shape index (κ3) is 5.57. The second-order valence-corrected chi connectivity index (χ2v) is 10.3. The maximum absolute atomic E-state index is 13.5. The summed E-state index contributed by atoms with van der Waals surface area (Å²) in [7, 11) is -4.05. The van der Waals surface area contributed by atoms with Gasteiger partial charge >= 0.3 is 0 Å². The zero-order valence-electron chi connectivity index (χ0n) is 18.4. The van der Waals surface area contributed by atoms with Crippen molar-refractivity contribution in [3.8, 4) is 11.5 Å². The molecule has 0 spiro atoms. The van der Waals surface area contributed by atoms with Crippen LogP contribution in [-0.4, -0.2) is 68.5 Å². The van der Waals surface area contributed by atoms with Crippen molar-refractivity contribution < 1.29 is 32.3 Å². The van der Waals surface area contributed by atoms with E-state index in [2.05, 4.69) is 10.6 Å². The number of Topliss-reactive ketones (excluding diaryl/α,β-unsaturated/α-hetero) is 1. The van der Waals surface area contributed by atoms with Gasteiger partial charge in [0.05, 0.1) is 12.8 Å². The van der Waals surface area contributed by atoms with Crippen LogP contribution in [0.25, 0.3) is 0 Å². The predicted molar refractivity (Wildman–Crippen MR) is 116 cm³/mol. The fourth-order valence-electron chi connectivity index (χ4n) is 3.83. The largest absolute Gasteiger partial charge is 0.454 e.